The van der Waals surface area contributed by atoms with E-state index in [-0.39, 0.29) is 5.91 Å². The van der Waals surface area contributed by atoms with Gasteiger partial charge in [0.1, 0.15) is 5.75 Å². The molecular weight excluding hydrogens is 204 g/mol. The molecule has 0 heterocycles. The number of ether oxygens (including phenoxy) is 1. The number of hydrogen-bond acceptors (Lipinski definition) is 3. The largest absolute Gasteiger partial charge is 0.497 e. The third kappa shape index (κ3) is 3.65. The minimum atomic E-state index is -0.0487. The molecule has 0 aliphatic heterocycles. The lowest BCUT2D eigenvalue weighted by atomic mass is 10.1. The van der Waals surface area contributed by atoms with E-state index >= 15 is 0 Å². The van der Waals surface area contributed by atoms with Crippen LogP contribution in [0.15, 0.2) is 24.3 Å². The van der Waals surface area contributed by atoms with Crippen LogP contribution in [0.5, 0.6) is 5.75 Å². The number of nitrogens with two attached hydrogens (primary N) is 1. The van der Waals surface area contributed by atoms with Crippen molar-refractivity contribution in [3.8, 4) is 5.75 Å². The van der Waals surface area contributed by atoms with Gasteiger partial charge in [0.05, 0.1) is 7.11 Å². The van der Waals surface area contributed by atoms with Crippen LogP contribution in [0.25, 0.3) is 6.08 Å². The minimum Gasteiger partial charge on any atom is -0.497 e. The number of benzene rings is 1. The average molecular weight is 220 g/mol. The maximum absolute atomic E-state index is 10.6. The molecule has 16 heavy (non-hydrogen) atoms. The Morgan fingerprint density at radius 1 is 1.56 bits per heavy atom. The number of nitrogen functional groups attached to an aromatic ring is 1. The van der Waals surface area contributed by atoms with Crippen LogP contribution in [-0.4, -0.2) is 19.6 Å². The van der Waals surface area contributed by atoms with E-state index in [1.165, 1.54) is 6.92 Å². The lowest BCUT2D eigenvalue weighted by Gasteiger charge is -2.04. The summed E-state index contributed by atoms with van der Waals surface area (Å²) in [7, 11) is 1.60. The Labute approximate surface area is 95.1 Å². The maximum atomic E-state index is 10.6. The van der Waals surface area contributed by atoms with Crippen molar-refractivity contribution in [2.75, 3.05) is 19.4 Å². The SMILES string of the molecule is COc1ccc(C=CCNC(C)=O)c(N)c1. The molecule has 0 unspecified atom stereocenters. The smallest absolute Gasteiger partial charge is 0.217 e. The first kappa shape index (κ1) is 12.1. The van der Waals surface area contributed by atoms with E-state index in [2.05, 4.69) is 5.32 Å². The highest BCUT2D eigenvalue weighted by Crippen LogP contribution is 2.20. The van der Waals surface area contributed by atoms with Crippen LogP contribution < -0.4 is 15.8 Å². The summed E-state index contributed by atoms with van der Waals surface area (Å²) < 4.78 is 5.05. The number of rotatable bonds is 4. The van der Waals surface area contributed by atoms with Crippen molar-refractivity contribution >= 4 is 17.7 Å². The van der Waals surface area contributed by atoms with Crippen LogP contribution in [0.4, 0.5) is 5.69 Å². The molecule has 0 bridgehead atoms. The summed E-state index contributed by atoms with van der Waals surface area (Å²) in [4.78, 5) is 10.6. The molecule has 0 atom stereocenters. The van der Waals surface area contributed by atoms with Gasteiger partial charge in [0.2, 0.25) is 5.91 Å². The number of amides is 1. The molecule has 1 aromatic rings. The molecule has 0 spiro atoms. The molecule has 0 radical (unpaired) electrons. The molecule has 0 saturated heterocycles. The first-order chi connectivity index (χ1) is 7.63. The quantitative estimate of drug-likeness (QED) is 0.754. The highest BCUT2D eigenvalue weighted by atomic mass is 16.5. The first-order valence-corrected chi connectivity index (χ1v) is 4.98. The number of carbonyl (C=O) groups excluding carboxylic acids is 1. The van der Waals surface area contributed by atoms with Crippen molar-refractivity contribution in [1.29, 1.82) is 0 Å². The standard InChI is InChI=1S/C12H16N2O2/c1-9(15)14-7-3-4-10-5-6-11(16-2)8-12(10)13/h3-6,8H,7,13H2,1-2H3,(H,14,15). The van der Waals surface area contributed by atoms with Crippen molar-refractivity contribution in [3.63, 3.8) is 0 Å². The van der Waals surface area contributed by atoms with Gasteiger partial charge in [0.15, 0.2) is 0 Å². The summed E-state index contributed by atoms with van der Waals surface area (Å²) in [6, 6.07) is 5.48. The topological polar surface area (TPSA) is 64.3 Å². The number of hydrogen-bond donors (Lipinski definition) is 2. The lowest BCUT2D eigenvalue weighted by molar-refractivity contribution is -0.118. The fourth-order valence-corrected chi connectivity index (χ4v) is 1.22. The molecule has 0 fully saturated rings. The van der Waals surface area contributed by atoms with Crippen LogP contribution in [0.2, 0.25) is 0 Å². The fourth-order valence-electron chi connectivity index (χ4n) is 1.22. The predicted molar refractivity (Wildman–Crippen MR) is 65.1 cm³/mol. The second kappa shape index (κ2) is 5.80. The second-order valence-electron chi connectivity index (χ2n) is 3.33. The Morgan fingerprint density at radius 3 is 2.88 bits per heavy atom. The van der Waals surface area contributed by atoms with Gasteiger partial charge in [-0.15, -0.1) is 0 Å². The molecule has 3 N–H and O–H groups in total. The van der Waals surface area contributed by atoms with E-state index in [4.69, 9.17) is 10.5 Å². The van der Waals surface area contributed by atoms with Gasteiger partial charge in [-0.3, -0.25) is 4.79 Å². The molecule has 0 aliphatic rings. The highest BCUT2D eigenvalue weighted by Gasteiger charge is 1.97. The van der Waals surface area contributed by atoms with E-state index in [0.717, 1.165) is 11.3 Å². The van der Waals surface area contributed by atoms with Gasteiger partial charge >= 0.3 is 0 Å². The highest BCUT2D eigenvalue weighted by molar-refractivity contribution is 5.73. The Morgan fingerprint density at radius 2 is 2.31 bits per heavy atom. The van der Waals surface area contributed by atoms with Crippen molar-refractivity contribution in [1.82, 2.24) is 5.32 Å². The Balaban J connectivity index is 2.63. The zero-order valence-electron chi connectivity index (χ0n) is 9.49. The number of methoxy groups -OCH3 is 1. The molecule has 1 amide bonds. The minimum absolute atomic E-state index is 0.0487. The summed E-state index contributed by atoms with van der Waals surface area (Å²) in [6.07, 6.45) is 3.71. The summed E-state index contributed by atoms with van der Waals surface area (Å²) in [5, 5.41) is 2.67. The number of nitrogens with one attached hydrogen (secondary N) is 1. The third-order valence-electron chi connectivity index (χ3n) is 2.06. The molecule has 1 aromatic carbocycles. The summed E-state index contributed by atoms with van der Waals surface area (Å²) in [6.45, 7) is 1.98. The molecule has 1 rings (SSSR count). The number of anilines is 1. The van der Waals surface area contributed by atoms with Gasteiger partial charge in [0.25, 0.3) is 0 Å². The molecule has 4 heteroatoms. The van der Waals surface area contributed by atoms with Crippen LogP contribution in [0, 0.1) is 0 Å². The van der Waals surface area contributed by atoms with Crippen molar-refractivity contribution in [2.24, 2.45) is 0 Å². The van der Waals surface area contributed by atoms with Crippen LogP contribution in [0.1, 0.15) is 12.5 Å². The monoisotopic (exact) mass is 220 g/mol. The van der Waals surface area contributed by atoms with Gasteiger partial charge in [-0.1, -0.05) is 12.2 Å². The van der Waals surface area contributed by atoms with Crippen LogP contribution >= 0.6 is 0 Å². The molecule has 0 saturated carbocycles. The van der Waals surface area contributed by atoms with Gasteiger partial charge in [-0.05, 0) is 17.7 Å². The van der Waals surface area contributed by atoms with E-state index in [9.17, 15) is 4.79 Å². The normalized spacial score (nSPS) is 10.4. The Hall–Kier alpha value is -1.97. The average Bonchev–Trinajstić information content (AvgIpc) is 2.25. The number of carbonyl (C=O) groups is 1. The van der Waals surface area contributed by atoms with Gasteiger partial charge in [0, 0.05) is 25.2 Å². The van der Waals surface area contributed by atoms with Crippen LogP contribution in [0.3, 0.4) is 0 Å². The molecule has 0 aliphatic carbocycles. The van der Waals surface area contributed by atoms with Crippen molar-refractivity contribution < 1.29 is 9.53 Å². The van der Waals surface area contributed by atoms with Crippen molar-refractivity contribution in [2.45, 2.75) is 6.92 Å². The van der Waals surface area contributed by atoms with Crippen LogP contribution in [-0.2, 0) is 4.79 Å². The predicted octanol–water partition coefficient (Wildman–Crippen LogP) is 1.43. The third-order valence-corrected chi connectivity index (χ3v) is 2.06. The summed E-state index contributed by atoms with van der Waals surface area (Å²) in [5.41, 5.74) is 7.38. The van der Waals surface area contributed by atoms with E-state index in [0.29, 0.717) is 12.2 Å². The van der Waals surface area contributed by atoms with Gasteiger partial charge < -0.3 is 15.8 Å². The van der Waals surface area contributed by atoms with Gasteiger partial charge in [-0.2, -0.15) is 0 Å². The molecule has 0 aromatic heterocycles. The van der Waals surface area contributed by atoms with E-state index in [1.807, 2.05) is 24.3 Å². The second-order valence-corrected chi connectivity index (χ2v) is 3.33. The van der Waals surface area contributed by atoms with Gasteiger partial charge in [-0.25, -0.2) is 0 Å². The molecule has 86 valence electrons. The zero-order chi connectivity index (χ0) is 12.0. The first-order valence-electron chi connectivity index (χ1n) is 4.98. The fraction of sp³-hybridized carbons (Fsp3) is 0.250. The Bertz CT molecular complexity index is 400. The lowest BCUT2D eigenvalue weighted by Crippen LogP contribution is -2.19. The Kier molecular flexibility index (Phi) is 4.39. The zero-order valence-corrected chi connectivity index (χ0v) is 9.49. The summed E-state index contributed by atoms with van der Waals surface area (Å²) >= 11 is 0. The summed E-state index contributed by atoms with van der Waals surface area (Å²) in [5.74, 6) is 0.684. The molecule has 4 nitrogen and oxygen atoms in total. The molecular formula is C12H16N2O2. The van der Waals surface area contributed by atoms with E-state index in [1.54, 1.807) is 13.2 Å². The van der Waals surface area contributed by atoms with Crippen molar-refractivity contribution in [3.05, 3.63) is 29.8 Å². The maximum Gasteiger partial charge on any atom is 0.217 e. The van der Waals surface area contributed by atoms with E-state index < -0.39 is 0 Å².